The first-order chi connectivity index (χ1) is 12.7. The fourth-order valence-corrected chi connectivity index (χ4v) is 4.57. The fraction of sp³-hybridized carbons (Fsp3) is 0.300. The molecular weight excluding hydrogens is 349 g/mol. The van der Waals surface area contributed by atoms with Gasteiger partial charge in [-0.2, -0.15) is 0 Å². The molecule has 1 saturated heterocycles. The highest BCUT2D eigenvalue weighted by atomic mass is 32.1. The summed E-state index contributed by atoms with van der Waals surface area (Å²) in [4.78, 5) is 19.4. The Bertz CT molecular complexity index is 893. The van der Waals surface area contributed by atoms with Gasteiger partial charge in [-0.15, -0.1) is 11.3 Å². The van der Waals surface area contributed by atoms with E-state index in [0.29, 0.717) is 0 Å². The standard InChI is InChI=1S/C20H20FN3OS/c21-14-7-1-2-8-15(14)22-19(25)13-24-12-6-5-10-17(24)20-23-16-9-3-4-11-18(16)26-20/h1-4,7-9,11,17H,5-6,10,12-13H2,(H,22,25)/t17-/m0/s1. The van der Waals surface area contributed by atoms with E-state index in [-0.39, 0.29) is 24.2 Å². The van der Waals surface area contributed by atoms with Crippen molar-refractivity contribution in [3.63, 3.8) is 0 Å². The summed E-state index contributed by atoms with van der Waals surface area (Å²) in [5.74, 6) is -0.606. The molecule has 0 aliphatic carbocycles. The smallest absolute Gasteiger partial charge is 0.238 e. The van der Waals surface area contributed by atoms with Crippen LogP contribution in [0.25, 0.3) is 10.2 Å². The lowest BCUT2D eigenvalue weighted by Crippen LogP contribution is -2.39. The number of carbonyl (C=O) groups excluding carboxylic acids is 1. The lowest BCUT2D eigenvalue weighted by atomic mass is 10.0. The predicted octanol–water partition coefficient (Wildman–Crippen LogP) is 4.60. The van der Waals surface area contributed by atoms with Crippen LogP contribution in [0.3, 0.4) is 0 Å². The van der Waals surface area contributed by atoms with Crippen LogP contribution >= 0.6 is 11.3 Å². The van der Waals surface area contributed by atoms with E-state index >= 15 is 0 Å². The minimum atomic E-state index is -0.415. The van der Waals surface area contributed by atoms with Crippen LogP contribution in [0.1, 0.15) is 30.3 Å². The Morgan fingerprint density at radius 2 is 2.00 bits per heavy atom. The number of aromatic nitrogens is 1. The summed E-state index contributed by atoms with van der Waals surface area (Å²) in [6, 6.07) is 14.5. The number of nitrogens with zero attached hydrogens (tertiary/aromatic N) is 2. The average Bonchev–Trinajstić information content (AvgIpc) is 3.08. The number of carbonyl (C=O) groups is 1. The summed E-state index contributed by atoms with van der Waals surface area (Å²) in [7, 11) is 0. The normalized spacial score (nSPS) is 18.1. The highest BCUT2D eigenvalue weighted by Gasteiger charge is 2.28. The van der Waals surface area contributed by atoms with Crippen molar-refractivity contribution in [3.05, 3.63) is 59.4 Å². The molecule has 0 spiro atoms. The Morgan fingerprint density at radius 3 is 2.85 bits per heavy atom. The SMILES string of the molecule is O=C(CN1CCCC[C@H]1c1nc2ccccc2s1)Nc1ccccc1F. The summed E-state index contributed by atoms with van der Waals surface area (Å²) >= 11 is 1.70. The van der Waals surface area contributed by atoms with Crippen LogP contribution in [0, 0.1) is 5.82 Å². The molecule has 1 aliphatic heterocycles. The van der Waals surface area contributed by atoms with Gasteiger partial charge in [-0.3, -0.25) is 9.69 Å². The van der Waals surface area contributed by atoms with Gasteiger partial charge in [0.15, 0.2) is 0 Å². The van der Waals surface area contributed by atoms with Crippen molar-refractivity contribution >= 4 is 33.1 Å². The van der Waals surface area contributed by atoms with Crippen LogP contribution in [-0.4, -0.2) is 28.9 Å². The molecule has 1 aliphatic rings. The lowest BCUT2D eigenvalue weighted by molar-refractivity contribution is -0.118. The van der Waals surface area contributed by atoms with Crippen LogP contribution in [0.2, 0.25) is 0 Å². The van der Waals surface area contributed by atoms with Crippen LogP contribution in [0.15, 0.2) is 48.5 Å². The van der Waals surface area contributed by atoms with E-state index in [1.54, 1.807) is 29.5 Å². The Labute approximate surface area is 155 Å². The summed E-state index contributed by atoms with van der Waals surface area (Å²) in [5, 5.41) is 3.74. The van der Waals surface area contributed by atoms with Crippen molar-refractivity contribution < 1.29 is 9.18 Å². The van der Waals surface area contributed by atoms with Gasteiger partial charge in [-0.1, -0.05) is 30.7 Å². The zero-order chi connectivity index (χ0) is 17.9. The molecule has 0 saturated carbocycles. The van der Waals surface area contributed by atoms with Gasteiger partial charge in [0, 0.05) is 0 Å². The molecule has 2 heterocycles. The van der Waals surface area contributed by atoms with Gasteiger partial charge in [0.05, 0.1) is 28.5 Å². The van der Waals surface area contributed by atoms with E-state index in [9.17, 15) is 9.18 Å². The van der Waals surface area contributed by atoms with Crippen molar-refractivity contribution in [1.29, 1.82) is 0 Å². The molecule has 1 fully saturated rings. The third-order valence-corrected chi connectivity index (χ3v) is 5.84. The van der Waals surface area contributed by atoms with Gasteiger partial charge in [-0.05, 0) is 43.7 Å². The number of hydrogen-bond donors (Lipinski definition) is 1. The van der Waals surface area contributed by atoms with Gasteiger partial charge in [0.25, 0.3) is 0 Å². The van der Waals surface area contributed by atoms with Crippen LogP contribution in [0.4, 0.5) is 10.1 Å². The molecular formula is C20H20FN3OS. The second kappa shape index (κ2) is 7.51. The van der Waals surface area contributed by atoms with Crippen molar-refractivity contribution in [2.45, 2.75) is 25.3 Å². The van der Waals surface area contributed by atoms with E-state index in [1.165, 1.54) is 10.8 Å². The molecule has 1 N–H and O–H groups in total. The Hall–Kier alpha value is -2.31. The third-order valence-electron chi connectivity index (χ3n) is 4.70. The number of fused-ring (bicyclic) bond motifs is 1. The summed E-state index contributed by atoms with van der Waals surface area (Å²) in [6.07, 6.45) is 3.19. The van der Waals surface area contributed by atoms with Gasteiger partial charge in [0.2, 0.25) is 5.91 Å². The number of hydrogen-bond acceptors (Lipinski definition) is 4. The van der Waals surface area contributed by atoms with E-state index in [4.69, 9.17) is 4.98 Å². The maximum atomic E-state index is 13.8. The first kappa shape index (κ1) is 17.1. The highest BCUT2D eigenvalue weighted by Crippen LogP contribution is 2.35. The maximum Gasteiger partial charge on any atom is 0.238 e. The maximum absolute atomic E-state index is 13.8. The van der Waals surface area contributed by atoms with E-state index in [2.05, 4.69) is 16.3 Å². The molecule has 26 heavy (non-hydrogen) atoms. The molecule has 4 rings (SSSR count). The minimum Gasteiger partial charge on any atom is -0.322 e. The van der Waals surface area contributed by atoms with E-state index in [0.717, 1.165) is 36.3 Å². The monoisotopic (exact) mass is 369 g/mol. The number of likely N-dealkylation sites (tertiary alicyclic amines) is 1. The van der Waals surface area contributed by atoms with Gasteiger partial charge in [-0.25, -0.2) is 9.37 Å². The number of amides is 1. The lowest BCUT2D eigenvalue weighted by Gasteiger charge is -2.33. The largest absolute Gasteiger partial charge is 0.322 e. The molecule has 3 aromatic rings. The summed E-state index contributed by atoms with van der Waals surface area (Å²) in [5.41, 5.74) is 1.24. The number of nitrogens with one attached hydrogen (secondary N) is 1. The van der Waals surface area contributed by atoms with E-state index in [1.807, 2.05) is 18.2 Å². The quantitative estimate of drug-likeness (QED) is 0.731. The zero-order valence-corrected chi connectivity index (χ0v) is 15.1. The van der Waals surface area contributed by atoms with Crippen molar-refractivity contribution in [3.8, 4) is 0 Å². The Balaban J connectivity index is 1.50. The number of piperidine rings is 1. The van der Waals surface area contributed by atoms with E-state index < -0.39 is 5.82 Å². The number of rotatable bonds is 4. The number of benzene rings is 2. The van der Waals surface area contributed by atoms with Crippen LogP contribution in [0.5, 0.6) is 0 Å². The number of halogens is 1. The molecule has 0 bridgehead atoms. The molecule has 1 aromatic heterocycles. The molecule has 1 amide bonds. The van der Waals surface area contributed by atoms with Crippen LogP contribution < -0.4 is 5.32 Å². The van der Waals surface area contributed by atoms with Gasteiger partial charge < -0.3 is 5.32 Å². The Kier molecular flexibility index (Phi) is 4.95. The van der Waals surface area contributed by atoms with Crippen molar-refractivity contribution in [1.82, 2.24) is 9.88 Å². The van der Waals surface area contributed by atoms with Crippen molar-refractivity contribution in [2.75, 3.05) is 18.4 Å². The first-order valence-corrected chi connectivity index (χ1v) is 9.66. The highest BCUT2D eigenvalue weighted by molar-refractivity contribution is 7.18. The second-order valence-electron chi connectivity index (χ2n) is 6.53. The van der Waals surface area contributed by atoms with Gasteiger partial charge >= 0.3 is 0 Å². The molecule has 1 atom stereocenters. The molecule has 134 valence electrons. The first-order valence-electron chi connectivity index (χ1n) is 8.84. The summed E-state index contributed by atoms with van der Waals surface area (Å²) in [6.45, 7) is 1.10. The molecule has 6 heteroatoms. The predicted molar refractivity (Wildman–Crippen MR) is 103 cm³/mol. The Morgan fingerprint density at radius 1 is 1.19 bits per heavy atom. The number of thiazole rings is 1. The fourth-order valence-electron chi connectivity index (χ4n) is 3.43. The third kappa shape index (κ3) is 3.61. The van der Waals surface area contributed by atoms with Gasteiger partial charge in [0.1, 0.15) is 10.8 Å². The minimum absolute atomic E-state index is 0.146. The molecule has 0 radical (unpaired) electrons. The van der Waals surface area contributed by atoms with Crippen LogP contribution in [-0.2, 0) is 4.79 Å². The summed E-state index contributed by atoms with van der Waals surface area (Å²) < 4.78 is 14.9. The molecule has 0 unspecified atom stereocenters. The second-order valence-corrected chi connectivity index (χ2v) is 7.59. The number of anilines is 1. The topological polar surface area (TPSA) is 45.2 Å². The zero-order valence-electron chi connectivity index (χ0n) is 14.3. The average molecular weight is 369 g/mol. The van der Waals surface area contributed by atoms with Crippen molar-refractivity contribution in [2.24, 2.45) is 0 Å². The molecule has 4 nitrogen and oxygen atoms in total. The molecule has 2 aromatic carbocycles. The number of para-hydroxylation sites is 2.